The summed E-state index contributed by atoms with van der Waals surface area (Å²) in [5, 5.41) is 0. The van der Waals surface area contributed by atoms with E-state index >= 15 is 0 Å². The molecule has 5 nitrogen and oxygen atoms in total. The molecule has 0 saturated carbocycles. The maximum Gasteiger partial charge on any atom is 0.339 e. The van der Waals surface area contributed by atoms with Gasteiger partial charge in [0.25, 0.3) is 0 Å². The normalized spacial score (nSPS) is 9.70. The fourth-order valence-electron chi connectivity index (χ4n) is 1.70. The zero-order valence-electron chi connectivity index (χ0n) is 11.6. The number of hydrogen-bond acceptors (Lipinski definition) is 4. The molecule has 20 heavy (non-hydrogen) atoms. The number of carbonyl (C=O) groups is 3. The van der Waals surface area contributed by atoms with Gasteiger partial charge in [-0.05, 0) is 12.1 Å². The van der Waals surface area contributed by atoms with Crippen LogP contribution in [0.1, 0.15) is 23.2 Å². The number of methoxy groups -OCH3 is 1. The third kappa shape index (κ3) is 3.78. The third-order valence-corrected chi connectivity index (χ3v) is 2.77. The summed E-state index contributed by atoms with van der Waals surface area (Å²) < 4.78 is 4.67. The Morgan fingerprint density at radius 3 is 2.55 bits per heavy atom. The Labute approximate surface area is 117 Å². The summed E-state index contributed by atoms with van der Waals surface area (Å²) in [4.78, 5) is 36.4. The Balaban J connectivity index is 2.94. The van der Waals surface area contributed by atoms with E-state index in [-0.39, 0.29) is 30.1 Å². The highest BCUT2D eigenvalue weighted by molar-refractivity contribution is 6.08. The van der Waals surface area contributed by atoms with Crippen molar-refractivity contribution in [1.82, 2.24) is 0 Å². The number of para-hydroxylation sites is 1. The Morgan fingerprint density at radius 1 is 1.30 bits per heavy atom. The molecule has 0 atom stereocenters. The molecule has 0 aliphatic heterocycles. The molecule has 0 aliphatic carbocycles. The van der Waals surface area contributed by atoms with Gasteiger partial charge < -0.3 is 9.64 Å². The van der Waals surface area contributed by atoms with Crippen molar-refractivity contribution in [2.75, 3.05) is 19.1 Å². The summed E-state index contributed by atoms with van der Waals surface area (Å²) in [6, 6.07) is 6.58. The summed E-state index contributed by atoms with van der Waals surface area (Å²) >= 11 is 0. The van der Waals surface area contributed by atoms with Crippen molar-refractivity contribution in [2.45, 2.75) is 12.8 Å². The van der Waals surface area contributed by atoms with Crippen molar-refractivity contribution in [3.8, 4) is 0 Å². The quantitative estimate of drug-likeness (QED) is 0.452. The van der Waals surface area contributed by atoms with Gasteiger partial charge >= 0.3 is 5.97 Å². The summed E-state index contributed by atoms with van der Waals surface area (Å²) in [7, 11) is 2.79. The van der Waals surface area contributed by atoms with Crippen LogP contribution in [0.5, 0.6) is 0 Å². The van der Waals surface area contributed by atoms with Gasteiger partial charge in [0.15, 0.2) is 0 Å². The number of rotatable bonds is 6. The van der Waals surface area contributed by atoms with Crippen LogP contribution in [0.2, 0.25) is 0 Å². The molecule has 1 aromatic carbocycles. The van der Waals surface area contributed by atoms with Gasteiger partial charge in [0, 0.05) is 13.5 Å². The smallest absolute Gasteiger partial charge is 0.339 e. The van der Waals surface area contributed by atoms with Gasteiger partial charge in [-0.1, -0.05) is 18.2 Å². The number of benzene rings is 1. The molecule has 0 fully saturated rings. The fraction of sp³-hybridized carbons (Fsp3) is 0.267. The first-order chi connectivity index (χ1) is 9.51. The van der Waals surface area contributed by atoms with E-state index in [0.29, 0.717) is 5.69 Å². The zero-order chi connectivity index (χ0) is 15.1. The molecule has 0 spiro atoms. The fourth-order valence-corrected chi connectivity index (χ4v) is 1.70. The van der Waals surface area contributed by atoms with Gasteiger partial charge in [0.05, 0.1) is 24.8 Å². The Kier molecular flexibility index (Phi) is 5.65. The Hall–Kier alpha value is -2.43. The van der Waals surface area contributed by atoms with Crippen LogP contribution in [0.15, 0.2) is 36.9 Å². The predicted octanol–water partition coefficient (Wildman–Crippen LogP) is 1.97. The van der Waals surface area contributed by atoms with Crippen molar-refractivity contribution < 1.29 is 19.1 Å². The van der Waals surface area contributed by atoms with Crippen LogP contribution in [0, 0.1) is 0 Å². The summed E-state index contributed by atoms with van der Waals surface area (Å²) in [6.45, 7) is 3.45. The van der Waals surface area contributed by atoms with E-state index in [9.17, 15) is 14.4 Å². The van der Waals surface area contributed by atoms with Gasteiger partial charge in [-0.15, -0.1) is 6.58 Å². The largest absolute Gasteiger partial charge is 0.465 e. The lowest BCUT2D eigenvalue weighted by Crippen LogP contribution is -2.29. The lowest BCUT2D eigenvalue weighted by molar-refractivity contribution is -0.126. The number of nitrogens with zero attached hydrogens (tertiary/aromatic N) is 1. The van der Waals surface area contributed by atoms with E-state index in [4.69, 9.17) is 0 Å². The molecule has 0 saturated heterocycles. The summed E-state index contributed by atoms with van der Waals surface area (Å²) in [5.41, 5.74) is 0.692. The minimum atomic E-state index is -0.530. The zero-order valence-corrected chi connectivity index (χ0v) is 11.6. The monoisotopic (exact) mass is 275 g/mol. The minimum absolute atomic E-state index is 0.151. The number of ketones is 1. The van der Waals surface area contributed by atoms with Crippen LogP contribution in [0.25, 0.3) is 0 Å². The van der Waals surface area contributed by atoms with E-state index in [2.05, 4.69) is 11.3 Å². The second kappa shape index (κ2) is 7.23. The van der Waals surface area contributed by atoms with Crippen LogP contribution in [0.3, 0.4) is 0 Å². The molecule has 1 amide bonds. The first-order valence-corrected chi connectivity index (χ1v) is 6.07. The third-order valence-electron chi connectivity index (χ3n) is 2.77. The van der Waals surface area contributed by atoms with Crippen LogP contribution in [0.4, 0.5) is 5.69 Å². The van der Waals surface area contributed by atoms with E-state index in [0.717, 1.165) is 0 Å². The molecule has 1 rings (SSSR count). The summed E-state index contributed by atoms with van der Waals surface area (Å²) in [5.74, 6) is -1.13. The molecular weight excluding hydrogens is 258 g/mol. The molecule has 0 aliphatic rings. The molecule has 106 valence electrons. The predicted molar refractivity (Wildman–Crippen MR) is 75.6 cm³/mol. The molecular formula is C15H17NO4. The minimum Gasteiger partial charge on any atom is -0.465 e. The molecule has 0 bridgehead atoms. The molecule has 1 aromatic rings. The number of ether oxygens (including phenoxy) is 1. The van der Waals surface area contributed by atoms with Crippen molar-refractivity contribution >= 4 is 23.3 Å². The maximum absolute atomic E-state index is 12.0. The lowest BCUT2D eigenvalue weighted by atomic mass is 10.1. The average molecular weight is 275 g/mol. The standard InChI is InChI=1S/C15H17NO4/c1-4-7-11(17)10-14(18)16(2)13-9-6-5-8-12(13)15(19)20-3/h4-6,8-9H,1,7,10H2,2-3H3. The number of anilines is 1. The van der Waals surface area contributed by atoms with Crippen molar-refractivity contribution in [2.24, 2.45) is 0 Å². The van der Waals surface area contributed by atoms with Crippen molar-refractivity contribution in [3.63, 3.8) is 0 Å². The number of hydrogen-bond donors (Lipinski definition) is 0. The van der Waals surface area contributed by atoms with Gasteiger partial charge in [-0.2, -0.15) is 0 Å². The van der Waals surface area contributed by atoms with E-state index in [1.165, 1.54) is 25.1 Å². The Morgan fingerprint density at radius 2 is 1.95 bits per heavy atom. The van der Waals surface area contributed by atoms with Crippen LogP contribution >= 0.6 is 0 Å². The highest BCUT2D eigenvalue weighted by atomic mass is 16.5. The van der Waals surface area contributed by atoms with E-state index in [1.807, 2.05) is 0 Å². The van der Waals surface area contributed by atoms with E-state index < -0.39 is 5.97 Å². The highest BCUT2D eigenvalue weighted by Gasteiger charge is 2.20. The molecule has 0 radical (unpaired) electrons. The number of allylic oxidation sites excluding steroid dienone is 1. The number of Topliss-reactive ketones (excluding diaryl/α,β-unsaturated/α-hetero) is 1. The molecule has 0 N–H and O–H groups in total. The van der Waals surface area contributed by atoms with Crippen LogP contribution < -0.4 is 4.90 Å². The second-order valence-electron chi connectivity index (χ2n) is 4.17. The van der Waals surface area contributed by atoms with Gasteiger partial charge in [-0.25, -0.2) is 4.79 Å². The highest BCUT2D eigenvalue weighted by Crippen LogP contribution is 2.20. The first-order valence-electron chi connectivity index (χ1n) is 6.07. The molecule has 0 heterocycles. The molecule has 5 heteroatoms. The van der Waals surface area contributed by atoms with Gasteiger partial charge in [0.1, 0.15) is 5.78 Å². The average Bonchev–Trinajstić information content (AvgIpc) is 2.45. The van der Waals surface area contributed by atoms with Crippen molar-refractivity contribution in [1.29, 1.82) is 0 Å². The van der Waals surface area contributed by atoms with Gasteiger partial charge in [-0.3, -0.25) is 9.59 Å². The van der Waals surface area contributed by atoms with Gasteiger partial charge in [0.2, 0.25) is 5.91 Å². The summed E-state index contributed by atoms with van der Waals surface area (Å²) in [6.07, 6.45) is 1.38. The molecule has 0 aromatic heterocycles. The van der Waals surface area contributed by atoms with Crippen LogP contribution in [-0.4, -0.2) is 31.8 Å². The Bertz CT molecular complexity index is 536. The van der Waals surface area contributed by atoms with Crippen LogP contribution in [-0.2, 0) is 14.3 Å². The molecule has 0 unspecified atom stereocenters. The first kappa shape index (κ1) is 15.6. The van der Waals surface area contributed by atoms with Crippen molar-refractivity contribution in [3.05, 3.63) is 42.5 Å². The number of amides is 1. The van der Waals surface area contributed by atoms with E-state index in [1.54, 1.807) is 24.3 Å². The lowest BCUT2D eigenvalue weighted by Gasteiger charge is -2.19. The number of carbonyl (C=O) groups excluding carboxylic acids is 3. The topological polar surface area (TPSA) is 63.7 Å². The maximum atomic E-state index is 12.0. The number of esters is 1. The second-order valence-corrected chi connectivity index (χ2v) is 4.17. The SMILES string of the molecule is C=CCC(=O)CC(=O)N(C)c1ccccc1C(=O)OC.